The van der Waals surface area contributed by atoms with Gasteiger partial charge in [-0.3, -0.25) is 19.4 Å². The minimum atomic E-state index is -0.315. The van der Waals surface area contributed by atoms with Crippen LogP contribution in [-0.4, -0.2) is 65.4 Å². The number of likely N-dealkylation sites (tertiary alicyclic amines) is 1. The van der Waals surface area contributed by atoms with Crippen LogP contribution in [0.5, 0.6) is 0 Å². The number of anilines is 1. The SMILES string of the molecule is Cc1ccc(NC(=O)C2CCN(CC(=O)N3CCNC3=O)CC2)nc1. The number of nitrogens with zero attached hydrogens (tertiary/aromatic N) is 3. The van der Waals surface area contributed by atoms with Gasteiger partial charge in [-0.1, -0.05) is 6.07 Å². The van der Waals surface area contributed by atoms with Crippen LogP contribution in [-0.2, 0) is 9.59 Å². The summed E-state index contributed by atoms with van der Waals surface area (Å²) in [6.07, 6.45) is 3.10. The molecule has 0 aliphatic carbocycles. The molecule has 2 fully saturated rings. The minimum absolute atomic E-state index is 0.0266. The summed E-state index contributed by atoms with van der Waals surface area (Å²) >= 11 is 0. The molecule has 0 unspecified atom stereocenters. The van der Waals surface area contributed by atoms with Gasteiger partial charge in [0.2, 0.25) is 11.8 Å². The van der Waals surface area contributed by atoms with Crippen LogP contribution in [0, 0.1) is 12.8 Å². The Kier molecular flexibility index (Phi) is 5.28. The molecule has 0 atom stereocenters. The summed E-state index contributed by atoms with van der Waals surface area (Å²) in [5.41, 5.74) is 1.04. The first kappa shape index (κ1) is 17.3. The van der Waals surface area contributed by atoms with Gasteiger partial charge in [0.1, 0.15) is 5.82 Å². The zero-order chi connectivity index (χ0) is 17.8. The Hall–Kier alpha value is -2.48. The third-order valence-electron chi connectivity index (χ3n) is 4.64. The van der Waals surface area contributed by atoms with Crippen LogP contribution in [0.1, 0.15) is 18.4 Å². The van der Waals surface area contributed by atoms with Gasteiger partial charge in [-0.2, -0.15) is 0 Å². The highest BCUT2D eigenvalue weighted by Gasteiger charge is 2.30. The number of pyridine rings is 1. The van der Waals surface area contributed by atoms with Crippen molar-refractivity contribution in [3.63, 3.8) is 0 Å². The minimum Gasteiger partial charge on any atom is -0.336 e. The molecule has 1 aromatic rings. The van der Waals surface area contributed by atoms with E-state index < -0.39 is 0 Å². The van der Waals surface area contributed by atoms with E-state index in [9.17, 15) is 14.4 Å². The summed E-state index contributed by atoms with van der Waals surface area (Å²) in [4.78, 5) is 43.4. The second kappa shape index (κ2) is 7.60. The number of hydrogen-bond donors (Lipinski definition) is 2. The molecular weight excluding hydrogens is 322 g/mol. The molecule has 0 saturated carbocycles. The number of carbonyl (C=O) groups is 3. The smallest absolute Gasteiger partial charge is 0.324 e. The lowest BCUT2D eigenvalue weighted by atomic mass is 9.96. The zero-order valence-electron chi connectivity index (χ0n) is 14.3. The number of aryl methyl sites for hydroxylation is 1. The van der Waals surface area contributed by atoms with Gasteiger partial charge in [-0.15, -0.1) is 0 Å². The van der Waals surface area contributed by atoms with E-state index in [0.717, 1.165) is 5.56 Å². The van der Waals surface area contributed by atoms with Crippen molar-refractivity contribution in [1.82, 2.24) is 20.1 Å². The summed E-state index contributed by atoms with van der Waals surface area (Å²) in [5, 5.41) is 5.47. The first-order valence-corrected chi connectivity index (χ1v) is 8.57. The monoisotopic (exact) mass is 345 g/mol. The fraction of sp³-hybridized carbons (Fsp3) is 0.529. The standard InChI is InChI=1S/C17H23N5O3/c1-12-2-3-14(19-10-12)20-16(24)13-4-7-21(8-5-13)11-15(23)22-9-6-18-17(22)25/h2-3,10,13H,4-9,11H2,1H3,(H,18,25)(H,19,20,24). The summed E-state index contributed by atoms with van der Waals surface area (Å²) in [7, 11) is 0. The molecule has 8 heteroatoms. The zero-order valence-corrected chi connectivity index (χ0v) is 14.3. The predicted molar refractivity (Wildman–Crippen MR) is 91.9 cm³/mol. The molecule has 2 saturated heterocycles. The van der Waals surface area contributed by atoms with Crippen LogP contribution < -0.4 is 10.6 Å². The Labute approximate surface area is 146 Å². The number of piperidine rings is 1. The summed E-state index contributed by atoms with van der Waals surface area (Å²) < 4.78 is 0. The highest BCUT2D eigenvalue weighted by Crippen LogP contribution is 2.19. The number of nitrogens with one attached hydrogen (secondary N) is 2. The number of carbonyl (C=O) groups excluding carboxylic acids is 3. The summed E-state index contributed by atoms with van der Waals surface area (Å²) in [6.45, 7) is 4.45. The number of amides is 4. The molecule has 4 amide bonds. The van der Waals surface area contributed by atoms with Gasteiger partial charge in [0, 0.05) is 25.2 Å². The lowest BCUT2D eigenvalue weighted by Gasteiger charge is -2.31. The van der Waals surface area contributed by atoms with E-state index in [4.69, 9.17) is 0 Å². The summed E-state index contributed by atoms with van der Waals surface area (Å²) in [5.74, 6) is 0.279. The molecule has 0 spiro atoms. The number of hydrogen-bond acceptors (Lipinski definition) is 5. The molecule has 2 aliphatic rings. The Morgan fingerprint density at radius 1 is 1.28 bits per heavy atom. The highest BCUT2D eigenvalue weighted by molar-refractivity contribution is 5.96. The number of aromatic nitrogens is 1. The Balaban J connectivity index is 1.45. The van der Waals surface area contributed by atoms with Crippen LogP contribution in [0.4, 0.5) is 10.6 Å². The maximum absolute atomic E-state index is 12.3. The number of rotatable bonds is 4. The van der Waals surface area contributed by atoms with Crippen molar-refractivity contribution in [1.29, 1.82) is 0 Å². The largest absolute Gasteiger partial charge is 0.336 e. The lowest BCUT2D eigenvalue weighted by molar-refractivity contribution is -0.129. The van der Waals surface area contributed by atoms with Crippen LogP contribution in [0.15, 0.2) is 18.3 Å². The average Bonchev–Trinajstić information content (AvgIpc) is 3.04. The van der Waals surface area contributed by atoms with Gasteiger partial charge in [-0.25, -0.2) is 9.78 Å². The number of imide groups is 1. The van der Waals surface area contributed by atoms with Crippen molar-refractivity contribution < 1.29 is 14.4 Å². The van der Waals surface area contributed by atoms with Crippen LogP contribution >= 0.6 is 0 Å². The Morgan fingerprint density at radius 2 is 2.04 bits per heavy atom. The molecular formula is C17H23N5O3. The highest BCUT2D eigenvalue weighted by atomic mass is 16.2. The maximum Gasteiger partial charge on any atom is 0.324 e. The molecule has 25 heavy (non-hydrogen) atoms. The van der Waals surface area contributed by atoms with Crippen molar-refractivity contribution in [2.45, 2.75) is 19.8 Å². The number of urea groups is 1. The van der Waals surface area contributed by atoms with E-state index >= 15 is 0 Å². The van der Waals surface area contributed by atoms with E-state index in [1.165, 1.54) is 4.90 Å². The van der Waals surface area contributed by atoms with Crippen molar-refractivity contribution in [3.8, 4) is 0 Å². The van der Waals surface area contributed by atoms with Crippen LogP contribution in [0.3, 0.4) is 0 Å². The Morgan fingerprint density at radius 3 is 2.64 bits per heavy atom. The topological polar surface area (TPSA) is 94.6 Å². The fourth-order valence-electron chi connectivity index (χ4n) is 3.11. The van der Waals surface area contributed by atoms with Gasteiger partial charge in [0.05, 0.1) is 6.54 Å². The molecule has 134 valence electrons. The maximum atomic E-state index is 12.3. The van der Waals surface area contributed by atoms with Gasteiger partial charge in [0.25, 0.3) is 0 Å². The molecule has 0 radical (unpaired) electrons. The molecule has 0 aromatic carbocycles. The molecule has 8 nitrogen and oxygen atoms in total. The third kappa shape index (κ3) is 4.33. The summed E-state index contributed by atoms with van der Waals surface area (Å²) in [6, 6.07) is 3.39. The molecule has 2 aliphatic heterocycles. The van der Waals surface area contributed by atoms with Gasteiger partial charge in [0.15, 0.2) is 0 Å². The van der Waals surface area contributed by atoms with Crippen molar-refractivity contribution in [2.75, 3.05) is 38.0 Å². The lowest BCUT2D eigenvalue weighted by Crippen LogP contribution is -2.45. The van der Waals surface area contributed by atoms with E-state index in [-0.39, 0.29) is 30.3 Å². The van der Waals surface area contributed by atoms with Gasteiger partial charge >= 0.3 is 6.03 Å². The second-order valence-electron chi connectivity index (χ2n) is 6.54. The second-order valence-corrected chi connectivity index (χ2v) is 6.54. The Bertz CT molecular complexity index is 653. The first-order chi connectivity index (χ1) is 12.0. The van der Waals surface area contributed by atoms with E-state index in [0.29, 0.717) is 44.8 Å². The molecule has 3 heterocycles. The quantitative estimate of drug-likeness (QED) is 0.833. The fourth-order valence-corrected chi connectivity index (χ4v) is 3.11. The predicted octanol–water partition coefficient (Wildman–Crippen LogP) is 0.592. The molecule has 1 aromatic heterocycles. The average molecular weight is 345 g/mol. The van der Waals surface area contributed by atoms with Crippen LogP contribution in [0.25, 0.3) is 0 Å². The first-order valence-electron chi connectivity index (χ1n) is 8.57. The van der Waals surface area contributed by atoms with E-state index in [2.05, 4.69) is 15.6 Å². The molecule has 3 rings (SSSR count). The van der Waals surface area contributed by atoms with Crippen molar-refractivity contribution >= 4 is 23.7 Å². The van der Waals surface area contributed by atoms with Crippen molar-refractivity contribution in [3.05, 3.63) is 23.9 Å². The normalized spacial score (nSPS) is 18.9. The molecule has 2 N–H and O–H groups in total. The van der Waals surface area contributed by atoms with E-state index in [1.807, 2.05) is 17.9 Å². The van der Waals surface area contributed by atoms with Gasteiger partial charge in [-0.05, 0) is 44.5 Å². The van der Waals surface area contributed by atoms with E-state index in [1.54, 1.807) is 12.3 Å². The van der Waals surface area contributed by atoms with Gasteiger partial charge < -0.3 is 10.6 Å². The third-order valence-corrected chi connectivity index (χ3v) is 4.64. The van der Waals surface area contributed by atoms with Crippen molar-refractivity contribution in [2.24, 2.45) is 5.92 Å². The van der Waals surface area contributed by atoms with Crippen LogP contribution in [0.2, 0.25) is 0 Å². The molecule has 0 bridgehead atoms.